The van der Waals surface area contributed by atoms with Crippen molar-refractivity contribution in [2.75, 3.05) is 7.11 Å². The van der Waals surface area contributed by atoms with Crippen molar-refractivity contribution in [3.63, 3.8) is 0 Å². The molecule has 1 heterocycles. The van der Waals surface area contributed by atoms with Gasteiger partial charge in [0.15, 0.2) is 0 Å². The van der Waals surface area contributed by atoms with Crippen LogP contribution >= 0.6 is 11.3 Å². The third-order valence-electron chi connectivity index (χ3n) is 4.01. The number of hydrogen-bond donors (Lipinski definition) is 1. The Morgan fingerprint density at radius 1 is 1.53 bits per heavy atom. The lowest BCUT2D eigenvalue weighted by atomic mass is 9.85. The van der Waals surface area contributed by atoms with E-state index in [1.54, 1.807) is 11.3 Å². The number of carbonyl (C=O) groups is 1. The van der Waals surface area contributed by atoms with Gasteiger partial charge in [-0.15, -0.1) is 11.3 Å². The topological polar surface area (TPSA) is 38.3 Å². The van der Waals surface area contributed by atoms with Crippen molar-refractivity contribution in [3.05, 3.63) is 22.4 Å². The number of nitrogens with one attached hydrogen (secondary N) is 1. The Balaban J connectivity index is 2.02. The van der Waals surface area contributed by atoms with Crippen molar-refractivity contribution in [2.45, 2.75) is 51.1 Å². The third kappa shape index (κ3) is 4.05. The summed E-state index contributed by atoms with van der Waals surface area (Å²) < 4.78 is 4.82. The van der Waals surface area contributed by atoms with Gasteiger partial charge in [-0.05, 0) is 30.2 Å². The van der Waals surface area contributed by atoms with E-state index in [0.29, 0.717) is 18.4 Å². The molecule has 3 atom stereocenters. The summed E-state index contributed by atoms with van der Waals surface area (Å²) in [5.74, 6) is 0.545. The minimum absolute atomic E-state index is 0.0954. The summed E-state index contributed by atoms with van der Waals surface area (Å²) in [6, 6.07) is 4.75. The van der Waals surface area contributed by atoms with Gasteiger partial charge < -0.3 is 10.1 Å². The molecule has 0 saturated heterocycles. The van der Waals surface area contributed by atoms with Gasteiger partial charge in [0, 0.05) is 10.9 Å². The molecule has 0 spiro atoms. The van der Waals surface area contributed by atoms with E-state index in [1.807, 2.05) is 6.07 Å². The first-order chi connectivity index (χ1) is 9.20. The summed E-state index contributed by atoms with van der Waals surface area (Å²) >= 11 is 1.70. The first kappa shape index (κ1) is 14.5. The van der Waals surface area contributed by atoms with Crippen LogP contribution in [0, 0.1) is 5.92 Å². The van der Waals surface area contributed by atoms with E-state index < -0.39 is 0 Å². The van der Waals surface area contributed by atoms with Gasteiger partial charge in [0.2, 0.25) is 0 Å². The van der Waals surface area contributed by atoms with Gasteiger partial charge in [-0.25, -0.2) is 0 Å². The molecular formula is C15H23NO2S. The Kier molecular flexibility index (Phi) is 5.40. The van der Waals surface area contributed by atoms with E-state index in [4.69, 9.17) is 4.74 Å². The molecule has 0 aliphatic heterocycles. The zero-order valence-electron chi connectivity index (χ0n) is 11.7. The summed E-state index contributed by atoms with van der Waals surface area (Å²) in [5.41, 5.74) is 0. The molecule has 19 heavy (non-hydrogen) atoms. The molecule has 1 aliphatic rings. The molecule has 1 saturated carbocycles. The Hall–Kier alpha value is -0.870. The second-order valence-corrected chi connectivity index (χ2v) is 6.36. The Bertz CT molecular complexity index is 391. The lowest BCUT2D eigenvalue weighted by Crippen LogP contribution is -2.40. The average Bonchev–Trinajstić information content (AvgIpc) is 2.94. The molecule has 1 aromatic heterocycles. The van der Waals surface area contributed by atoms with Crippen molar-refractivity contribution in [1.29, 1.82) is 0 Å². The molecular weight excluding hydrogens is 258 g/mol. The number of ether oxygens (including phenoxy) is 1. The number of rotatable bonds is 5. The van der Waals surface area contributed by atoms with Crippen molar-refractivity contribution in [1.82, 2.24) is 5.32 Å². The van der Waals surface area contributed by atoms with Crippen LogP contribution in [0.1, 0.15) is 49.9 Å². The molecule has 3 nitrogen and oxygen atoms in total. The van der Waals surface area contributed by atoms with Crippen LogP contribution < -0.4 is 5.32 Å². The fourth-order valence-corrected chi connectivity index (χ4v) is 3.59. The lowest BCUT2D eigenvalue weighted by molar-refractivity contribution is -0.141. The molecule has 2 rings (SSSR count). The number of thiophene rings is 1. The number of methoxy groups -OCH3 is 1. The minimum Gasteiger partial charge on any atom is -0.469 e. The number of esters is 1. The Morgan fingerprint density at radius 3 is 2.95 bits per heavy atom. The largest absolute Gasteiger partial charge is 0.469 e. The van der Waals surface area contributed by atoms with E-state index in [1.165, 1.54) is 37.7 Å². The van der Waals surface area contributed by atoms with Gasteiger partial charge in [-0.3, -0.25) is 4.79 Å². The highest BCUT2D eigenvalue weighted by molar-refractivity contribution is 7.10. The van der Waals surface area contributed by atoms with Crippen molar-refractivity contribution < 1.29 is 9.53 Å². The maximum Gasteiger partial charge on any atom is 0.307 e. The molecule has 0 amide bonds. The fraction of sp³-hybridized carbons (Fsp3) is 0.667. The fourth-order valence-electron chi connectivity index (χ4n) is 2.80. The zero-order chi connectivity index (χ0) is 13.7. The molecule has 1 N–H and O–H groups in total. The van der Waals surface area contributed by atoms with Crippen LogP contribution in [0.25, 0.3) is 0 Å². The summed E-state index contributed by atoms with van der Waals surface area (Å²) in [7, 11) is 1.46. The summed E-state index contributed by atoms with van der Waals surface area (Å²) in [5, 5.41) is 5.74. The van der Waals surface area contributed by atoms with Crippen LogP contribution in [0.2, 0.25) is 0 Å². The molecule has 0 bridgehead atoms. The average molecular weight is 281 g/mol. The van der Waals surface area contributed by atoms with Crippen molar-refractivity contribution >= 4 is 17.3 Å². The van der Waals surface area contributed by atoms with Gasteiger partial charge in [-0.1, -0.05) is 25.8 Å². The van der Waals surface area contributed by atoms with E-state index >= 15 is 0 Å². The number of hydrogen-bond acceptors (Lipinski definition) is 4. The number of carbonyl (C=O) groups excluding carboxylic acids is 1. The van der Waals surface area contributed by atoms with E-state index in [0.717, 1.165) is 0 Å². The van der Waals surface area contributed by atoms with Crippen molar-refractivity contribution in [2.24, 2.45) is 5.92 Å². The van der Waals surface area contributed by atoms with E-state index in [2.05, 4.69) is 23.7 Å². The molecule has 3 unspecified atom stereocenters. The summed E-state index contributed by atoms with van der Waals surface area (Å²) in [6.07, 6.45) is 5.54. The summed E-state index contributed by atoms with van der Waals surface area (Å²) in [4.78, 5) is 12.8. The second-order valence-electron chi connectivity index (χ2n) is 5.38. The van der Waals surface area contributed by atoms with Crippen LogP contribution in [0.4, 0.5) is 0 Å². The molecule has 106 valence electrons. The molecule has 1 aliphatic carbocycles. The third-order valence-corrected chi connectivity index (χ3v) is 5.00. The maximum atomic E-state index is 11.6. The zero-order valence-corrected chi connectivity index (χ0v) is 12.5. The Labute approximate surface area is 119 Å². The van der Waals surface area contributed by atoms with Gasteiger partial charge in [0.1, 0.15) is 0 Å². The molecule has 1 fully saturated rings. The predicted octanol–water partition coefficient (Wildman–Crippen LogP) is 3.52. The second kappa shape index (κ2) is 7.06. The predicted molar refractivity (Wildman–Crippen MR) is 78.2 cm³/mol. The first-order valence-electron chi connectivity index (χ1n) is 7.07. The van der Waals surface area contributed by atoms with Gasteiger partial charge in [0.05, 0.1) is 19.6 Å². The van der Waals surface area contributed by atoms with E-state index in [-0.39, 0.29) is 12.0 Å². The lowest BCUT2D eigenvalue weighted by Gasteiger charge is -2.32. The molecule has 0 aromatic carbocycles. The van der Waals surface area contributed by atoms with Gasteiger partial charge in [-0.2, -0.15) is 0 Å². The SMILES string of the molecule is COC(=O)CC(NC1CCCCC1C)c1cccs1. The van der Waals surface area contributed by atoms with Crippen LogP contribution in [0.15, 0.2) is 17.5 Å². The summed E-state index contributed by atoms with van der Waals surface area (Å²) in [6.45, 7) is 2.31. The minimum atomic E-state index is -0.144. The molecule has 0 radical (unpaired) electrons. The van der Waals surface area contributed by atoms with Crippen LogP contribution in [-0.4, -0.2) is 19.1 Å². The van der Waals surface area contributed by atoms with Crippen molar-refractivity contribution in [3.8, 4) is 0 Å². The van der Waals surface area contributed by atoms with Crippen LogP contribution in [-0.2, 0) is 9.53 Å². The van der Waals surface area contributed by atoms with Crippen LogP contribution in [0.5, 0.6) is 0 Å². The van der Waals surface area contributed by atoms with E-state index in [9.17, 15) is 4.79 Å². The van der Waals surface area contributed by atoms with Gasteiger partial charge in [0.25, 0.3) is 0 Å². The first-order valence-corrected chi connectivity index (χ1v) is 7.95. The van der Waals surface area contributed by atoms with Crippen LogP contribution in [0.3, 0.4) is 0 Å². The van der Waals surface area contributed by atoms with Gasteiger partial charge >= 0.3 is 5.97 Å². The Morgan fingerprint density at radius 2 is 2.32 bits per heavy atom. The highest BCUT2D eigenvalue weighted by Gasteiger charge is 2.26. The normalized spacial score (nSPS) is 24.9. The smallest absolute Gasteiger partial charge is 0.307 e. The monoisotopic (exact) mass is 281 g/mol. The molecule has 4 heteroatoms. The quantitative estimate of drug-likeness (QED) is 0.839. The highest BCUT2D eigenvalue weighted by Crippen LogP contribution is 2.29. The standard InChI is InChI=1S/C15H23NO2S/c1-11-6-3-4-7-12(11)16-13(10-15(17)18-2)14-8-5-9-19-14/h5,8-9,11-13,16H,3-4,6-7,10H2,1-2H3. The highest BCUT2D eigenvalue weighted by atomic mass is 32.1. The molecule has 1 aromatic rings. The maximum absolute atomic E-state index is 11.6.